The van der Waals surface area contributed by atoms with Crippen LogP contribution in [0.3, 0.4) is 0 Å². The lowest BCUT2D eigenvalue weighted by Gasteiger charge is -2.24. The van der Waals surface area contributed by atoms with Crippen LogP contribution in [0.2, 0.25) is 0 Å². The number of ether oxygens (including phenoxy) is 1. The van der Waals surface area contributed by atoms with Gasteiger partial charge in [0.2, 0.25) is 0 Å². The number of rotatable bonds is 4. The van der Waals surface area contributed by atoms with E-state index in [-0.39, 0.29) is 5.60 Å². The fourth-order valence-electron chi connectivity index (χ4n) is 1.67. The largest absolute Gasteiger partial charge is 0.372 e. The van der Waals surface area contributed by atoms with Crippen molar-refractivity contribution in [3.8, 4) is 0 Å². The average molecular weight is 184 g/mol. The molecule has 0 heterocycles. The Labute approximate surface area is 82.9 Å². The minimum absolute atomic E-state index is 0.279. The lowest BCUT2D eigenvalue weighted by molar-refractivity contribution is -0.0213. The van der Waals surface area contributed by atoms with Gasteiger partial charge in [-0.15, -0.1) is 0 Å². The molecular formula is C12H24O. The van der Waals surface area contributed by atoms with E-state index < -0.39 is 0 Å². The lowest BCUT2D eigenvalue weighted by atomic mass is 9.88. The van der Waals surface area contributed by atoms with Gasteiger partial charge in [-0.2, -0.15) is 0 Å². The second kappa shape index (κ2) is 3.61. The Morgan fingerprint density at radius 2 is 1.77 bits per heavy atom. The zero-order valence-corrected chi connectivity index (χ0v) is 9.81. The highest BCUT2D eigenvalue weighted by Gasteiger charge is 2.44. The Kier molecular flexibility index (Phi) is 3.06. The molecule has 78 valence electrons. The van der Waals surface area contributed by atoms with Crippen LogP contribution < -0.4 is 0 Å². The standard InChI is InChI=1S/C12H24O/c1-10(2)13-12(8-9-12)7-6-11(3,4)5/h10H,6-9H2,1-5H3. The van der Waals surface area contributed by atoms with Crippen molar-refractivity contribution in [2.75, 3.05) is 0 Å². The van der Waals surface area contributed by atoms with E-state index in [1.165, 1.54) is 25.7 Å². The van der Waals surface area contributed by atoms with Gasteiger partial charge in [-0.25, -0.2) is 0 Å². The predicted molar refractivity (Wildman–Crippen MR) is 56.9 cm³/mol. The lowest BCUT2D eigenvalue weighted by Crippen LogP contribution is -2.21. The summed E-state index contributed by atoms with van der Waals surface area (Å²) in [5, 5.41) is 0. The number of hydrogen-bond acceptors (Lipinski definition) is 1. The minimum Gasteiger partial charge on any atom is -0.372 e. The van der Waals surface area contributed by atoms with E-state index in [1.54, 1.807) is 0 Å². The van der Waals surface area contributed by atoms with Crippen molar-refractivity contribution < 1.29 is 4.74 Å². The molecule has 1 nitrogen and oxygen atoms in total. The number of hydrogen-bond donors (Lipinski definition) is 0. The molecule has 1 fully saturated rings. The van der Waals surface area contributed by atoms with E-state index in [0.29, 0.717) is 11.5 Å². The van der Waals surface area contributed by atoms with E-state index >= 15 is 0 Å². The van der Waals surface area contributed by atoms with Crippen molar-refractivity contribution in [2.45, 2.75) is 72.0 Å². The van der Waals surface area contributed by atoms with Crippen LogP contribution in [0.25, 0.3) is 0 Å². The second-order valence-electron chi connectivity index (χ2n) is 5.91. The normalized spacial score (nSPS) is 20.8. The van der Waals surface area contributed by atoms with Crippen LogP contribution in [0.1, 0.15) is 60.3 Å². The topological polar surface area (TPSA) is 9.23 Å². The molecule has 0 bridgehead atoms. The van der Waals surface area contributed by atoms with E-state index in [0.717, 1.165) is 0 Å². The van der Waals surface area contributed by atoms with Gasteiger partial charge >= 0.3 is 0 Å². The molecule has 1 rings (SSSR count). The summed E-state index contributed by atoms with van der Waals surface area (Å²) in [6.07, 6.45) is 5.47. The summed E-state index contributed by atoms with van der Waals surface area (Å²) in [6, 6.07) is 0. The van der Waals surface area contributed by atoms with E-state index in [4.69, 9.17) is 4.74 Å². The summed E-state index contributed by atoms with van der Waals surface area (Å²) < 4.78 is 5.94. The first-order valence-corrected chi connectivity index (χ1v) is 5.51. The Bertz CT molecular complexity index is 160. The summed E-state index contributed by atoms with van der Waals surface area (Å²) in [5.41, 5.74) is 0.734. The van der Waals surface area contributed by atoms with Crippen LogP contribution in [-0.2, 0) is 4.74 Å². The van der Waals surface area contributed by atoms with Crippen LogP contribution in [0.5, 0.6) is 0 Å². The maximum absolute atomic E-state index is 5.94. The van der Waals surface area contributed by atoms with Gasteiger partial charge in [0.05, 0.1) is 11.7 Å². The highest BCUT2D eigenvalue weighted by molar-refractivity contribution is 4.96. The van der Waals surface area contributed by atoms with Gasteiger partial charge in [0.25, 0.3) is 0 Å². The Morgan fingerprint density at radius 3 is 2.08 bits per heavy atom. The van der Waals surface area contributed by atoms with Gasteiger partial charge < -0.3 is 4.74 Å². The fraction of sp³-hybridized carbons (Fsp3) is 1.00. The highest BCUT2D eigenvalue weighted by atomic mass is 16.5. The molecular weight excluding hydrogens is 160 g/mol. The van der Waals surface area contributed by atoms with Crippen molar-refractivity contribution in [3.05, 3.63) is 0 Å². The molecule has 0 amide bonds. The fourth-order valence-corrected chi connectivity index (χ4v) is 1.67. The molecule has 0 aromatic heterocycles. The molecule has 0 unspecified atom stereocenters. The average Bonchev–Trinajstić information content (AvgIpc) is 2.63. The van der Waals surface area contributed by atoms with Crippen LogP contribution in [0.4, 0.5) is 0 Å². The maximum atomic E-state index is 5.94. The quantitative estimate of drug-likeness (QED) is 0.646. The van der Waals surface area contributed by atoms with Crippen molar-refractivity contribution in [3.63, 3.8) is 0 Å². The molecule has 1 aliphatic carbocycles. The van der Waals surface area contributed by atoms with Gasteiger partial charge in [-0.3, -0.25) is 0 Å². The van der Waals surface area contributed by atoms with Crippen molar-refractivity contribution in [2.24, 2.45) is 5.41 Å². The van der Waals surface area contributed by atoms with Gasteiger partial charge in [-0.05, 0) is 44.9 Å². The first-order chi connectivity index (χ1) is 5.83. The summed E-state index contributed by atoms with van der Waals surface area (Å²) in [6.45, 7) is 11.2. The second-order valence-corrected chi connectivity index (χ2v) is 5.91. The molecule has 0 aromatic rings. The molecule has 0 N–H and O–H groups in total. The maximum Gasteiger partial charge on any atom is 0.0688 e. The van der Waals surface area contributed by atoms with Gasteiger partial charge in [-0.1, -0.05) is 20.8 Å². The van der Waals surface area contributed by atoms with Crippen LogP contribution >= 0.6 is 0 Å². The van der Waals surface area contributed by atoms with Gasteiger partial charge in [0.15, 0.2) is 0 Å². The molecule has 1 aliphatic rings. The molecule has 0 radical (unpaired) electrons. The zero-order valence-electron chi connectivity index (χ0n) is 9.81. The highest BCUT2D eigenvalue weighted by Crippen LogP contribution is 2.46. The van der Waals surface area contributed by atoms with Crippen molar-refractivity contribution in [1.82, 2.24) is 0 Å². The van der Waals surface area contributed by atoms with Crippen LogP contribution in [0, 0.1) is 5.41 Å². The third kappa shape index (κ3) is 4.12. The third-order valence-electron chi connectivity index (χ3n) is 2.62. The van der Waals surface area contributed by atoms with Crippen LogP contribution in [0.15, 0.2) is 0 Å². The Hall–Kier alpha value is -0.0400. The van der Waals surface area contributed by atoms with E-state index in [2.05, 4.69) is 34.6 Å². The summed E-state index contributed by atoms with van der Waals surface area (Å²) in [7, 11) is 0. The van der Waals surface area contributed by atoms with E-state index in [9.17, 15) is 0 Å². The van der Waals surface area contributed by atoms with Crippen molar-refractivity contribution >= 4 is 0 Å². The first-order valence-electron chi connectivity index (χ1n) is 5.51. The Balaban J connectivity index is 2.28. The molecule has 0 saturated heterocycles. The Morgan fingerprint density at radius 1 is 1.23 bits per heavy atom. The molecule has 0 spiro atoms. The molecule has 0 aromatic carbocycles. The third-order valence-corrected chi connectivity index (χ3v) is 2.62. The summed E-state index contributed by atoms with van der Waals surface area (Å²) in [5.74, 6) is 0. The summed E-state index contributed by atoms with van der Waals surface area (Å²) >= 11 is 0. The zero-order chi connectivity index (χ0) is 10.1. The molecule has 1 saturated carbocycles. The summed E-state index contributed by atoms with van der Waals surface area (Å²) in [4.78, 5) is 0. The van der Waals surface area contributed by atoms with Crippen molar-refractivity contribution in [1.29, 1.82) is 0 Å². The SMILES string of the molecule is CC(C)OC1(CCC(C)(C)C)CC1. The molecule has 13 heavy (non-hydrogen) atoms. The predicted octanol–water partition coefficient (Wildman–Crippen LogP) is 3.77. The minimum atomic E-state index is 0.279. The molecule has 1 heteroatoms. The van der Waals surface area contributed by atoms with E-state index in [1.807, 2.05) is 0 Å². The monoisotopic (exact) mass is 184 g/mol. The molecule has 0 aliphatic heterocycles. The van der Waals surface area contributed by atoms with Crippen LogP contribution in [-0.4, -0.2) is 11.7 Å². The van der Waals surface area contributed by atoms with Gasteiger partial charge in [0.1, 0.15) is 0 Å². The smallest absolute Gasteiger partial charge is 0.0688 e. The van der Waals surface area contributed by atoms with Gasteiger partial charge in [0, 0.05) is 0 Å². The molecule has 0 atom stereocenters. The first kappa shape index (κ1) is 11.0.